The highest BCUT2D eigenvalue weighted by molar-refractivity contribution is 6.42. The maximum absolute atomic E-state index is 6.05. The zero-order valence-corrected chi connectivity index (χ0v) is 13.7. The van der Waals surface area contributed by atoms with Crippen LogP contribution in [0.25, 0.3) is 0 Å². The average molecular weight is 302 g/mol. The fourth-order valence-electron chi connectivity index (χ4n) is 2.27. The third-order valence-electron chi connectivity index (χ3n) is 3.47. The minimum atomic E-state index is 0.302. The van der Waals surface area contributed by atoms with Crippen LogP contribution >= 0.6 is 23.2 Å². The van der Waals surface area contributed by atoms with Crippen LogP contribution in [0, 0.1) is 0 Å². The summed E-state index contributed by atoms with van der Waals surface area (Å²) in [6.45, 7) is 6.66. The Balaban J connectivity index is 2.40. The summed E-state index contributed by atoms with van der Waals surface area (Å²) >= 11 is 12.0. The van der Waals surface area contributed by atoms with E-state index >= 15 is 0 Å². The van der Waals surface area contributed by atoms with Gasteiger partial charge in [-0.3, -0.25) is 0 Å². The van der Waals surface area contributed by atoms with Crippen molar-refractivity contribution in [2.24, 2.45) is 0 Å². The topological polar surface area (TPSA) is 12.0 Å². The molecule has 1 rings (SSSR count). The Labute approximate surface area is 127 Å². The second kappa shape index (κ2) is 8.84. The number of rotatable bonds is 8. The van der Waals surface area contributed by atoms with Crippen molar-refractivity contribution in [3.05, 3.63) is 33.8 Å². The zero-order chi connectivity index (χ0) is 14.3. The van der Waals surface area contributed by atoms with E-state index in [4.69, 9.17) is 23.2 Å². The van der Waals surface area contributed by atoms with Gasteiger partial charge in [0.25, 0.3) is 0 Å². The Kier molecular flexibility index (Phi) is 7.82. The summed E-state index contributed by atoms with van der Waals surface area (Å²) in [6.07, 6.45) is 6.50. The quantitative estimate of drug-likeness (QED) is 0.580. The van der Waals surface area contributed by atoms with Crippen LogP contribution in [-0.2, 0) is 0 Å². The van der Waals surface area contributed by atoms with Crippen LogP contribution in [0.3, 0.4) is 0 Å². The molecule has 0 fully saturated rings. The van der Waals surface area contributed by atoms with E-state index < -0.39 is 0 Å². The Hall–Kier alpha value is -0.240. The monoisotopic (exact) mass is 301 g/mol. The second-order valence-corrected chi connectivity index (χ2v) is 6.13. The van der Waals surface area contributed by atoms with Crippen molar-refractivity contribution in [1.82, 2.24) is 5.32 Å². The molecule has 0 bridgehead atoms. The number of unbranched alkanes of at least 4 members (excludes halogenated alkanes) is 3. The predicted molar refractivity (Wildman–Crippen MR) is 86.2 cm³/mol. The van der Waals surface area contributed by atoms with Gasteiger partial charge in [-0.1, -0.05) is 61.9 Å². The van der Waals surface area contributed by atoms with Crippen LogP contribution in [0.15, 0.2) is 18.2 Å². The van der Waals surface area contributed by atoms with E-state index in [0.717, 1.165) is 0 Å². The molecular weight excluding hydrogens is 277 g/mol. The van der Waals surface area contributed by atoms with E-state index in [9.17, 15) is 0 Å². The highest BCUT2D eigenvalue weighted by atomic mass is 35.5. The normalized spacial score (nSPS) is 14.4. The molecule has 2 unspecified atom stereocenters. The number of nitrogens with one attached hydrogen (secondary N) is 1. The molecule has 0 aliphatic rings. The Morgan fingerprint density at radius 3 is 2.42 bits per heavy atom. The van der Waals surface area contributed by atoms with Gasteiger partial charge in [-0.2, -0.15) is 0 Å². The molecule has 0 aromatic heterocycles. The average Bonchev–Trinajstić information content (AvgIpc) is 2.38. The van der Waals surface area contributed by atoms with Gasteiger partial charge >= 0.3 is 0 Å². The summed E-state index contributed by atoms with van der Waals surface area (Å²) in [6, 6.07) is 6.68. The van der Waals surface area contributed by atoms with Gasteiger partial charge in [0.1, 0.15) is 0 Å². The van der Waals surface area contributed by atoms with Crippen LogP contribution in [0.4, 0.5) is 0 Å². The van der Waals surface area contributed by atoms with Crippen molar-refractivity contribution in [1.29, 1.82) is 0 Å². The smallest absolute Gasteiger partial charge is 0.0595 e. The molecule has 0 heterocycles. The fourth-order valence-corrected chi connectivity index (χ4v) is 2.57. The highest BCUT2D eigenvalue weighted by Crippen LogP contribution is 2.25. The van der Waals surface area contributed by atoms with Gasteiger partial charge in [0.2, 0.25) is 0 Å². The molecular formula is C16H25Cl2N. The summed E-state index contributed by atoms with van der Waals surface area (Å²) in [7, 11) is 0. The summed E-state index contributed by atoms with van der Waals surface area (Å²) in [5, 5.41) is 4.86. The third-order valence-corrected chi connectivity index (χ3v) is 4.21. The highest BCUT2D eigenvalue weighted by Gasteiger charge is 2.10. The first-order valence-electron chi connectivity index (χ1n) is 7.25. The van der Waals surface area contributed by atoms with Crippen LogP contribution in [-0.4, -0.2) is 6.04 Å². The molecule has 0 spiro atoms. The van der Waals surface area contributed by atoms with Crippen molar-refractivity contribution in [2.75, 3.05) is 0 Å². The van der Waals surface area contributed by atoms with E-state index in [-0.39, 0.29) is 0 Å². The maximum atomic E-state index is 6.05. The van der Waals surface area contributed by atoms with Crippen molar-refractivity contribution in [2.45, 2.75) is 65.0 Å². The minimum absolute atomic E-state index is 0.302. The van der Waals surface area contributed by atoms with Crippen molar-refractivity contribution >= 4 is 23.2 Å². The first-order chi connectivity index (χ1) is 9.04. The molecule has 1 nitrogen and oxygen atoms in total. The minimum Gasteiger partial charge on any atom is -0.308 e. The Morgan fingerprint density at radius 1 is 1.05 bits per heavy atom. The van der Waals surface area contributed by atoms with Gasteiger partial charge in [-0.05, 0) is 38.0 Å². The largest absolute Gasteiger partial charge is 0.308 e. The van der Waals surface area contributed by atoms with Gasteiger partial charge in [-0.25, -0.2) is 0 Å². The van der Waals surface area contributed by atoms with Gasteiger partial charge in [-0.15, -0.1) is 0 Å². The lowest BCUT2D eigenvalue weighted by Gasteiger charge is -2.20. The lowest BCUT2D eigenvalue weighted by molar-refractivity contribution is 0.438. The molecule has 1 N–H and O–H groups in total. The lowest BCUT2D eigenvalue weighted by atomic mass is 10.0. The molecule has 1 aromatic carbocycles. The van der Waals surface area contributed by atoms with Crippen molar-refractivity contribution in [3.8, 4) is 0 Å². The maximum Gasteiger partial charge on any atom is 0.0595 e. The summed E-state index contributed by atoms with van der Waals surface area (Å²) in [5.74, 6) is 0. The number of halogens is 2. The SMILES string of the molecule is CCCCCCC(C)NC(C)c1ccc(Cl)c(Cl)c1. The Morgan fingerprint density at radius 2 is 1.79 bits per heavy atom. The van der Waals surface area contributed by atoms with E-state index in [2.05, 4.69) is 26.1 Å². The number of benzene rings is 1. The van der Waals surface area contributed by atoms with E-state index in [1.54, 1.807) is 0 Å². The molecule has 0 radical (unpaired) electrons. The molecule has 0 saturated carbocycles. The standard InChI is InChI=1S/C16H25Cl2N/c1-4-5-6-7-8-12(2)19-13(3)14-9-10-15(17)16(18)11-14/h9-13,19H,4-8H2,1-3H3. The summed E-state index contributed by atoms with van der Waals surface area (Å²) < 4.78 is 0. The van der Waals surface area contributed by atoms with Crippen LogP contribution in [0.1, 0.15) is 64.5 Å². The summed E-state index contributed by atoms with van der Waals surface area (Å²) in [4.78, 5) is 0. The van der Waals surface area contributed by atoms with Gasteiger partial charge in [0.15, 0.2) is 0 Å². The number of hydrogen-bond acceptors (Lipinski definition) is 1. The van der Waals surface area contributed by atoms with Crippen molar-refractivity contribution in [3.63, 3.8) is 0 Å². The predicted octanol–water partition coefficient (Wildman–Crippen LogP) is 6.00. The first-order valence-corrected chi connectivity index (χ1v) is 8.01. The third kappa shape index (κ3) is 6.16. The molecule has 0 aliphatic carbocycles. The second-order valence-electron chi connectivity index (χ2n) is 5.31. The molecule has 19 heavy (non-hydrogen) atoms. The van der Waals surface area contributed by atoms with Crippen LogP contribution in [0.5, 0.6) is 0 Å². The van der Waals surface area contributed by atoms with Crippen molar-refractivity contribution < 1.29 is 0 Å². The number of hydrogen-bond donors (Lipinski definition) is 1. The fraction of sp³-hybridized carbons (Fsp3) is 0.625. The molecule has 2 atom stereocenters. The van der Waals surface area contributed by atoms with E-state index in [1.807, 2.05) is 18.2 Å². The lowest BCUT2D eigenvalue weighted by Crippen LogP contribution is -2.28. The van der Waals surface area contributed by atoms with Crippen LogP contribution < -0.4 is 5.32 Å². The van der Waals surface area contributed by atoms with Gasteiger partial charge in [0, 0.05) is 12.1 Å². The summed E-state index contributed by atoms with van der Waals surface area (Å²) in [5.41, 5.74) is 1.19. The Bertz CT molecular complexity index is 379. The molecule has 0 saturated heterocycles. The first kappa shape index (κ1) is 16.8. The molecule has 0 aliphatic heterocycles. The molecule has 108 valence electrons. The van der Waals surface area contributed by atoms with Crippen LogP contribution in [0.2, 0.25) is 10.0 Å². The van der Waals surface area contributed by atoms with Gasteiger partial charge in [0.05, 0.1) is 10.0 Å². The molecule has 0 amide bonds. The molecule has 3 heteroatoms. The van der Waals surface area contributed by atoms with E-state index in [1.165, 1.54) is 37.7 Å². The molecule has 1 aromatic rings. The van der Waals surface area contributed by atoms with E-state index in [0.29, 0.717) is 22.1 Å². The zero-order valence-electron chi connectivity index (χ0n) is 12.2. The van der Waals surface area contributed by atoms with Gasteiger partial charge < -0.3 is 5.32 Å².